The molecule has 2 rings (SSSR count). The van der Waals surface area contributed by atoms with E-state index >= 15 is 0 Å². The quantitative estimate of drug-likeness (QED) is 0.600. The first-order chi connectivity index (χ1) is 12.7. The largest absolute Gasteiger partial charge is 0.462 e. The highest BCUT2D eigenvalue weighted by molar-refractivity contribution is 6.14. The number of rotatable bonds is 6. The van der Waals surface area contributed by atoms with Gasteiger partial charge in [0, 0.05) is 11.4 Å². The minimum atomic E-state index is -1.29. The first-order valence-electron chi connectivity index (χ1n) is 8.71. The number of aryl methyl sites for hydroxylation is 1. The van der Waals surface area contributed by atoms with Crippen LogP contribution in [-0.4, -0.2) is 24.4 Å². The molecule has 0 radical (unpaired) electrons. The fourth-order valence-electron chi connectivity index (χ4n) is 2.22. The van der Waals surface area contributed by atoms with Gasteiger partial charge in [0.15, 0.2) is 0 Å². The molecule has 6 nitrogen and oxygen atoms in total. The van der Waals surface area contributed by atoms with Crippen molar-refractivity contribution in [3.05, 3.63) is 59.7 Å². The summed E-state index contributed by atoms with van der Waals surface area (Å²) in [7, 11) is 0. The summed E-state index contributed by atoms with van der Waals surface area (Å²) in [5.41, 5.74) is 1.31. The smallest absolute Gasteiger partial charge is 0.338 e. The van der Waals surface area contributed by atoms with Crippen LogP contribution in [0.1, 0.15) is 36.7 Å². The van der Waals surface area contributed by atoms with Gasteiger partial charge in [0.25, 0.3) is 0 Å². The van der Waals surface area contributed by atoms with E-state index in [0.29, 0.717) is 23.5 Å². The number of anilines is 2. The van der Waals surface area contributed by atoms with E-state index in [1.54, 1.807) is 57.2 Å². The second-order valence-corrected chi connectivity index (χ2v) is 6.70. The number of carbonyl (C=O) groups is 3. The van der Waals surface area contributed by atoms with E-state index < -0.39 is 23.2 Å². The van der Waals surface area contributed by atoms with Crippen molar-refractivity contribution in [1.29, 1.82) is 0 Å². The molecule has 27 heavy (non-hydrogen) atoms. The van der Waals surface area contributed by atoms with Crippen molar-refractivity contribution in [3.63, 3.8) is 0 Å². The molecule has 0 atom stereocenters. The number of hydrogen-bond acceptors (Lipinski definition) is 4. The summed E-state index contributed by atoms with van der Waals surface area (Å²) in [4.78, 5) is 36.8. The van der Waals surface area contributed by atoms with Gasteiger partial charge in [0.1, 0.15) is 5.41 Å². The zero-order chi connectivity index (χ0) is 20.0. The summed E-state index contributed by atoms with van der Waals surface area (Å²) < 4.78 is 4.92. The van der Waals surface area contributed by atoms with Crippen LogP contribution >= 0.6 is 0 Å². The van der Waals surface area contributed by atoms with Crippen LogP contribution in [0.4, 0.5) is 11.4 Å². The summed E-state index contributed by atoms with van der Waals surface area (Å²) in [5.74, 6) is -1.28. The van der Waals surface area contributed by atoms with Gasteiger partial charge in [-0.25, -0.2) is 4.79 Å². The second kappa shape index (κ2) is 8.49. The van der Waals surface area contributed by atoms with Gasteiger partial charge in [0.2, 0.25) is 11.8 Å². The van der Waals surface area contributed by atoms with Gasteiger partial charge < -0.3 is 15.4 Å². The Morgan fingerprint density at radius 3 is 1.74 bits per heavy atom. The Hall–Kier alpha value is -3.15. The number of nitrogens with one attached hydrogen (secondary N) is 2. The maximum Gasteiger partial charge on any atom is 0.338 e. The Morgan fingerprint density at radius 1 is 0.852 bits per heavy atom. The lowest BCUT2D eigenvalue weighted by atomic mass is 9.90. The van der Waals surface area contributed by atoms with Gasteiger partial charge in [-0.05, 0) is 64.1 Å². The molecule has 0 bridgehead atoms. The molecule has 2 aromatic rings. The molecule has 2 amide bonds. The first-order valence-corrected chi connectivity index (χ1v) is 8.71. The van der Waals surface area contributed by atoms with Crippen LogP contribution in [0.15, 0.2) is 48.5 Å². The molecule has 2 aromatic carbocycles. The number of carbonyl (C=O) groups excluding carboxylic acids is 3. The maximum atomic E-state index is 12.6. The number of ether oxygens (including phenoxy) is 1. The van der Waals surface area contributed by atoms with Crippen molar-refractivity contribution >= 4 is 29.2 Å². The highest BCUT2D eigenvalue weighted by atomic mass is 16.5. The summed E-state index contributed by atoms with van der Waals surface area (Å²) in [6, 6.07) is 13.7. The fourth-order valence-corrected chi connectivity index (χ4v) is 2.22. The van der Waals surface area contributed by atoms with E-state index in [9.17, 15) is 14.4 Å². The van der Waals surface area contributed by atoms with Crippen LogP contribution in [0.2, 0.25) is 0 Å². The Morgan fingerprint density at radius 2 is 1.30 bits per heavy atom. The lowest BCUT2D eigenvalue weighted by Gasteiger charge is -2.23. The number of esters is 1. The van der Waals surface area contributed by atoms with E-state index in [1.807, 2.05) is 19.1 Å². The molecule has 6 heteroatoms. The molecule has 0 aromatic heterocycles. The number of hydrogen-bond donors (Lipinski definition) is 2. The van der Waals surface area contributed by atoms with Crippen LogP contribution in [0, 0.1) is 12.3 Å². The van der Waals surface area contributed by atoms with Crippen molar-refractivity contribution in [2.75, 3.05) is 17.2 Å². The molecule has 0 unspecified atom stereocenters. The van der Waals surface area contributed by atoms with Gasteiger partial charge in [0.05, 0.1) is 12.2 Å². The predicted octanol–water partition coefficient (Wildman–Crippen LogP) is 3.78. The average molecular weight is 368 g/mol. The lowest BCUT2D eigenvalue weighted by molar-refractivity contribution is -0.135. The third-order valence-corrected chi connectivity index (χ3v) is 4.10. The maximum absolute atomic E-state index is 12.6. The molecule has 0 saturated carbocycles. The van der Waals surface area contributed by atoms with Crippen molar-refractivity contribution in [1.82, 2.24) is 0 Å². The van der Waals surface area contributed by atoms with Gasteiger partial charge in [-0.2, -0.15) is 0 Å². The first kappa shape index (κ1) is 20.2. The SMILES string of the molecule is CCOC(=O)c1ccc(NC(=O)C(C)(C)C(=O)Nc2ccc(C)cc2)cc1. The highest BCUT2D eigenvalue weighted by Crippen LogP contribution is 2.22. The Labute approximate surface area is 158 Å². The van der Waals surface area contributed by atoms with E-state index in [2.05, 4.69) is 10.6 Å². The molecular formula is C21H24N2O4. The van der Waals surface area contributed by atoms with Gasteiger partial charge in [-0.3, -0.25) is 9.59 Å². The zero-order valence-corrected chi connectivity index (χ0v) is 16.0. The molecule has 0 heterocycles. The minimum Gasteiger partial charge on any atom is -0.462 e. The highest BCUT2D eigenvalue weighted by Gasteiger charge is 2.36. The summed E-state index contributed by atoms with van der Waals surface area (Å²) in [5, 5.41) is 5.46. The molecule has 0 saturated heterocycles. The second-order valence-electron chi connectivity index (χ2n) is 6.70. The molecular weight excluding hydrogens is 344 g/mol. The van der Waals surface area contributed by atoms with Crippen molar-refractivity contribution < 1.29 is 19.1 Å². The van der Waals surface area contributed by atoms with Crippen LogP contribution in [0.3, 0.4) is 0 Å². The fraction of sp³-hybridized carbons (Fsp3) is 0.286. The molecule has 0 aliphatic rings. The van der Waals surface area contributed by atoms with E-state index in [4.69, 9.17) is 4.74 Å². The molecule has 2 N–H and O–H groups in total. The van der Waals surface area contributed by atoms with E-state index in [0.717, 1.165) is 5.56 Å². The van der Waals surface area contributed by atoms with Crippen LogP contribution in [0.5, 0.6) is 0 Å². The summed E-state index contributed by atoms with van der Waals surface area (Å²) in [6.07, 6.45) is 0. The van der Waals surface area contributed by atoms with Crippen LogP contribution in [-0.2, 0) is 14.3 Å². The van der Waals surface area contributed by atoms with E-state index in [-0.39, 0.29) is 0 Å². The van der Waals surface area contributed by atoms with Crippen LogP contribution < -0.4 is 10.6 Å². The minimum absolute atomic E-state index is 0.293. The molecule has 0 aliphatic carbocycles. The van der Waals surface area contributed by atoms with Crippen molar-refractivity contribution in [2.45, 2.75) is 27.7 Å². The zero-order valence-electron chi connectivity index (χ0n) is 16.0. The van der Waals surface area contributed by atoms with Gasteiger partial charge >= 0.3 is 5.97 Å². The Bertz CT molecular complexity index is 824. The summed E-state index contributed by atoms with van der Waals surface area (Å²) in [6.45, 7) is 7.09. The van der Waals surface area contributed by atoms with Gasteiger partial charge in [-0.15, -0.1) is 0 Å². The van der Waals surface area contributed by atoms with Crippen LogP contribution in [0.25, 0.3) is 0 Å². The molecule has 142 valence electrons. The Kier molecular flexibility index (Phi) is 6.34. The van der Waals surface area contributed by atoms with Crippen molar-refractivity contribution in [2.24, 2.45) is 5.41 Å². The molecule has 0 spiro atoms. The third-order valence-electron chi connectivity index (χ3n) is 4.10. The normalized spacial score (nSPS) is 10.8. The number of amides is 2. The predicted molar refractivity (Wildman–Crippen MR) is 105 cm³/mol. The number of benzene rings is 2. The van der Waals surface area contributed by atoms with Gasteiger partial charge in [-0.1, -0.05) is 17.7 Å². The standard InChI is InChI=1S/C21H24N2O4/c1-5-27-18(24)15-8-12-17(13-9-15)23-20(26)21(3,4)19(25)22-16-10-6-14(2)7-11-16/h6-13H,5H2,1-4H3,(H,22,25)(H,23,26). The molecule has 0 fully saturated rings. The van der Waals surface area contributed by atoms with E-state index in [1.165, 1.54) is 0 Å². The lowest BCUT2D eigenvalue weighted by Crippen LogP contribution is -2.41. The topological polar surface area (TPSA) is 84.5 Å². The van der Waals surface area contributed by atoms with Crippen molar-refractivity contribution in [3.8, 4) is 0 Å². The summed E-state index contributed by atoms with van der Waals surface area (Å²) >= 11 is 0. The molecule has 0 aliphatic heterocycles. The third kappa shape index (κ3) is 5.17. The Balaban J connectivity index is 2.03. The monoisotopic (exact) mass is 368 g/mol. The average Bonchev–Trinajstić information content (AvgIpc) is 2.64.